The molecule has 138 valence electrons. The molecule has 0 aliphatic carbocycles. The maximum atomic E-state index is 12.5. The number of hydrogen-bond donors (Lipinski definition) is 2. The van der Waals surface area contributed by atoms with Gasteiger partial charge in [-0.1, -0.05) is 0 Å². The summed E-state index contributed by atoms with van der Waals surface area (Å²) in [6, 6.07) is 10.8. The number of amides is 1. The molecular formula is C18H20N2O5S. The Labute approximate surface area is 152 Å². The summed E-state index contributed by atoms with van der Waals surface area (Å²) in [6.07, 6.45) is 0. The van der Waals surface area contributed by atoms with E-state index < -0.39 is 15.4 Å². The van der Waals surface area contributed by atoms with Gasteiger partial charge in [-0.3, -0.25) is 9.52 Å². The van der Waals surface area contributed by atoms with E-state index in [0.29, 0.717) is 22.9 Å². The lowest BCUT2D eigenvalue weighted by Gasteiger charge is -2.18. The van der Waals surface area contributed by atoms with E-state index in [1.807, 2.05) is 0 Å². The number of ether oxygens (including phenoxy) is 2. The second-order valence-electron chi connectivity index (χ2n) is 6.62. The van der Waals surface area contributed by atoms with Crippen molar-refractivity contribution in [3.05, 3.63) is 42.5 Å². The van der Waals surface area contributed by atoms with E-state index in [2.05, 4.69) is 10.0 Å². The second kappa shape index (κ2) is 6.53. The van der Waals surface area contributed by atoms with Crippen molar-refractivity contribution in [2.75, 3.05) is 23.8 Å². The van der Waals surface area contributed by atoms with Gasteiger partial charge in [-0.05, 0) is 50.2 Å². The molecule has 2 N–H and O–H groups in total. The third-order valence-corrected chi connectivity index (χ3v) is 5.45. The van der Waals surface area contributed by atoms with Crippen molar-refractivity contribution < 1.29 is 22.7 Å². The molecular weight excluding hydrogens is 356 g/mol. The van der Waals surface area contributed by atoms with Gasteiger partial charge in [-0.2, -0.15) is 0 Å². The Morgan fingerprint density at radius 2 is 1.85 bits per heavy atom. The first kappa shape index (κ1) is 18.1. The van der Waals surface area contributed by atoms with Crippen molar-refractivity contribution in [3.8, 4) is 11.5 Å². The zero-order valence-corrected chi connectivity index (χ0v) is 15.5. The SMILES string of the molecule is COc1ccc(S(=O)(=O)Nc2ccc3c(c2)OCC(C)(C)C(=O)N3)cc1. The maximum Gasteiger partial charge on any atom is 0.261 e. The highest BCUT2D eigenvalue weighted by Gasteiger charge is 2.32. The number of fused-ring (bicyclic) bond motifs is 1. The molecule has 0 aromatic heterocycles. The second-order valence-corrected chi connectivity index (χ2v) is 8.30. The quantitative estimate of drug-likeness (QED) is 0.856. The topological polar surface area (TPSA) is 93.7 Å². The molecule has 0 fully saturated rings. The van der Waals surface area contributed by atoms with Gasteiger partial charge in [0.05, 0.1) is 28.8 Å². The Morgan fingerprint density at radius 3 is 2.50 bits per heavy atom. The molecule has 0 saturated heterocycles. The van der Waals surface area contributed by atoms with E-state index in [-0.39, 0.29) is 17.4 Å². The van der Waals surface area contributed by atoms with Gasteiger partial charge in [-0.25, -0.2) is 8.42 Å². The highest BCUT2D eigenvalue weighted by Crippen LogP contribution is 2.34. The van der Waals surface area contributed by atoms with Crippen molar-refractivity contribution in [1.82, 2.24) is 0 Å². The molecule has 2 aromatic carbocycles. The summed E-state index contributed by atoms with van der Waals surface area (Å²) in [5, 5.41) is 2.79. The van der Waals surface area contributed by atoms with E-state index in [4.69, 9.17) is 9.47 Å². The molecule has 0 unspecified atom stereocenters. The Kier molecular flexibility index (Phi) is 4.53. The molecule has 1 aliphatic heterocycles. The van der Waals surface area contributed by atoms with E-state index in [1.54, 1.807) is 44.2 Å². The predicted molar refractivity (Wildman–Crippen MR) is 98.2 cm³/mol. The minimum absolute atomic E-state index is 0.114. The molecule has 26 heavy (non-hydrogen) atoms. The summed E-state index contributed by atoms with van der Waals surface area (Å²) in [6.45, 7) is 3.75. The number of rotatable bonds is 4. The number of anilines is 2. The Morgan fingerprint density at radius 1 is 1.15 bits per heavy atom. The minimum atomic E-state index is -3.76. The molecule has 0 radical (unpaired) electrons. The molecule has 1 amide bonds. The fourth-order valence-corrected chi connectivity index (χ4v) is 3.44. The van der Waals surface area contributed by atoms with Crippen molar-refractivity contribution in [3.63, 3.8) is 0 Å². The summed E-state index contributed by atoms with van der Waals surface area (Å²) in [5.74, 6) is 0.836. The van der Waals surface area contributed by atoms with Crippen molar-refractivity contribution in [1.29, 1.82) is 0 Å². The molecule has 1 aliphatic rings. The van der Waals surface area contributed by atoms with Crippen molar-refractivity contribution in [2.45, 2.75) is 18.7 Å². The molecule has 0 saturated carbocycles. The smallest absolute Gasteiger partial charge is 0.261 e. The van der Waals surface area contributed by atoms with Gasteiger partial charge in [-0.15, -0.1) is 0 Å². The van der Waals surface area contributed by atoms with E-state index in [9.17, 15) is 13.2 Å². The van der Waals surface area contributed by atoms with E-state index in [0.717, 1.165) is 0 Å². The number of hydrogen-bond acceptors (Lipinski definition) is 5. The van der Waals surface area contributed by atoms with Crippen LogP contribution in [0, 0.1) is 5.41 Å². The van der Waals surface area contributed by atoms with Crippen LogP contribution in [0.5, 0.6) is 11.5 Å². The van der Waals surface area contributed by atoms with Crippen LogP contribution in [0.4, 0.5) is 11.4 Å². The molecule has 7 nitrogen and oxygen atoms in total. The first-order valence-electron chi connectivity index (χ1n) is 7.96. The molecule has 0 bridgehead atoms. The third kappa shape index (κ3) is 3.60. The van der Waals surface area contributed by atoms with Crippen LogP contribution in [0.3, 0.4) is 0 Å². The van der Waals surface area contributed by atoms with Gasteiger partial charge in [0.2, 0.25) is 5.91 Å². The van der Waals surface area contributed by atoms with Crippen molar-refractivity contribution >= 4 is 27.3 Å². The van der Waals surface area contributed by atoms with Gasteiger partial charge in [0, 0.05) is 6.07 Å². The number of carbonyl (C=O) groups is 1. The maximum absolute atomic E-state index is 12.5. The van der Waals surface area contributed by atoms with Gasteiger partial charge >= 0.3 is 0 Å². The monoisotopic (exact) mass is 376 g/mol. The van der Waals surface area contributed by atoms with Crippen LogP contribution >= 0.6 is 0 Å². The van der Waals surface area contributed by atoms with Gasteiger partial charge in [0.1, 0.15) is 18.1 Å². The summed E-state index contributed by atoms with van der Waals surface area (Å²) in [7, 11) is -2.24. The van der Waals surface area contributed by atoms with Crippen LogP contribution in [-0.2, 0) is 14.8 Å². The predicted octanol–water partition coefficient (Wildman–Crippen LogP) is 2.85. The molecule has 0 atom stereocenters. The normalized spacial score (nSPS) is 15.9. The third-order valence-electron chi connectivity index (χ3n) is 4.05. The average Bonchev–Trinajstić information content (AvgIpc) is 2.71. The molecule has 8 heteroatoms. The van der Waals surface area contributed by atoms with Crippen LogP contribution < -0.4 is 19.5 Å². The zero-order chi connectivity index (χ0) is 18.9. The van der Waals surface area contributed by atoms with Crippen LogP contribution in [-0.4, -0.2) is 28.0 Å². The molecule has 0 spiro atoms. The number of benzene rings is 2. The Bertz CT molecular complexity index is 937. The first-order valence-corrected chi connectivity index (χ1v) is 9.45. The fourth-order valence-electron chi connectivity index (χ4n) is 2.39. The highest BCUT2D eigenvalue weighted by molar-refractivity contribution is 7.92. The average molecular weight is 376 g/mol. The summed E-state index contributed by atoms with van der Waals surface area (Å²) < 4.78 is 38.3. The number of methoxy groups -OCH3 is 1. The van der Waals surface area contributed by atoms with Gasteiger partial charge in [0.25, 0.3) is 10.0 Å². The summed E-state index contributed by atoms with van der Waals surface area (Å²) in [5.41, 5.74) is 0.170. The number of sulfonamides is 1. The Hall–Kier alpha value is -2.74. The Balaban J connectivity index is 1.85. The molecule has 1 heterocycles. The van der Waals surface area contributed by atoms with Crippen LogP contribution in [0.25, 0.3) is 0 Å². The molecule has 3 rings (SSSR count). The number of nitrogens with one attached hydrogen (secondary N) is 2. The number of carbonyl (C=O) groups excluding carboxylic acids is 1. The zero-order valence-electron chi connectivity index (χ0n) is 14.7. The lowest BCUT2D eigenvalue weighted by atomic mass is 9.94. The molecule has 2 aromatic rings. The van der Waals surface area contributed by atoms with Crippen LogP contribution in [0.15, 0.2) is 47.4 Å². The van der Waals surface area contributed by atoms with E-state index in [1.165, 1.54) is 19.2 Å². The highest BCUT2D eigenvalue weighted by atomic mass is 32.2. The van der Waals surface area contributed by atoms with Crippen LogP contribution in [0.1, 0.15) is 13.8 Å². The summed E-state index contributed by atoms with van der Waals surface area (Å²) >= 11 is 0. The lowest BCUT2D eigenvalue weighted by Crippen LogP contribution is -2.33. The lowest BCUT2D eigenvalue weighted by molar-refractivity contribution is -0.124. The summed E-state index contributed by atoms with van der Waals surface area (Å²) in [4.78, 5) is 12.3. The van der Waals surface area contributed by atoms with Crippen LogP contribution in [0.2, 0.25) is 0 Å². The largest absolute Gasteiger partial charge is 0.497 e. The first-order chi connectivity index (χ1) is 12.2. The fraction of sp³-hybridized carbons (Fsp3) is 0.278. The van der Waals surface area contributed by atoms with Gasteiger partial charge in [0.15, 0.2) is 0 Å². The minimum Gasteiger partial charge on any atom is -0.497 e. The van der Waals surface area contributed by atoms with E-state index >= 15 is 0 Å². The standard InChI is InChI=1S/C18H20N2O5S/c1-18(2)11-25-16-10-12(4-9-15(16)19-17(18)21)20-26(22,23)14-7-5-13(24-3)6-8-14/h4-10,20H,11H2,1-3H3,(H,19,21). The van der Waals surface area contributed by atoms with Gasteiger partial charge < -0.3 is 14.8 Å². The van der Waals surface area contributed by atoms with Crippen molar-refractivity contribution in [2.24, 2.45) is 5.41 Å².